The fourth-order valence-electron chi connectivity index (χ4n) is 5.03. The highest BCUT2D eigenvalue weighted by atomic mass is 32.2. The highest BCUT2D eigenvalue weighted by Crippen LogP contribution is 2.44. The normalized spacial score (nSPS) is 20.7. The van der Waals surface area contributed by atoms with Gasteiger partial charge in [0.15, 0.2) is 0 Å². The number of piperidine rings is 1. The molecule has 0 N–H and O–H groups in total. The summed E-state index contributed by atoms with van der Waals surface area (Å²) in [5, 5.41) is 0. The summed E-state index contributed by atoms with van der Waals surface area (Å²) in [5.74, 6) is -1.03. The predicted molar refractivity (Wildman–Crippen MR) is 122 cm³/mol. The molecule has 2 aliphatic rings. The number of likely N-dealkylation sites (tertiary alicyclic amines) is 1. The maximum atomic E-state index is 13.5. The number of halogens is 6. The van der Waals surface area contributed by atoms with Crippen LogP contribution in [0, 0.1) is 0 Å². The summed E-state index contributed by atoms with van der Waals surface area (Å²) in [6.07, 6.45) is 2.05. The molecular formula is C22H17F6N3O5S2. The second-order valence-corrected chi connectivity index (χ2v) is 11.7. The maximum absolute atomic E-state index is 13.5. The van der Waals surface area contributed by atoms with Gasteiger partial charge in [-0.2, -0.15) is 34.8 Å². The fourth-order valence-corrected chi connectivity index (χ4v) is 6.20. The lowest BCUT2D eigenvalue weighted by Crippen LogP contribution is -2.46. The van der Waals surface area contributed by atoms with Crippen molar-refractivity contribution in [3.63, 3.8) is 0 Å². The number of alkyl halides is 6. The molecule has 16 heteroatoms. The van der Waals surface area contributed by atoms with Crippen molar-refractivity contribution in [1.29, 1.82) is 0 Å². The third-order valence-corrected chi connectivity index (χ3v) is 8.78. The Kier molecular flexibility index (Phi) is 6.24. The molecular weight excluding hydrogens is 564 g/mol. The first-order valence-corrected chi connectivity index (χ1v) is 13.6. The number of imidazole rings is 1. The van der Waals surface area contributed by atoms with Gasteiger partial charge < -0.3 is 9.08 Å². The smallest absolute Gasteiger partial charge is 0.394 e. The number of carbonyl (C=O) groups is 1. The van der Waals surface area contributed by atoms with E-state index in [0.29, 0.717) is 37.7 Å². The van der Waals surface area contributed by atoms with Gasteiger partial charge in [0, 0.05) is 24.1 Å². The molecule has 1 aromatic heterocycles. The largest absolute Gasteiger partial charge is 0.517 e. The monoisotopic (exact) mass is 581 g/mol. The topological polar surface area (TPSA) is 98.6 Å². The molecule has 1 aliphatic carbocycles. The average Bonchev–Trinajstić information content (AvgIpc) is 3.43. The summed E-state index contributed by atoms with van der Waals surface area (Å²) in [6.45, 7) is 0.313. The SMILES string of the molecule is O=C(c1ccc2ncn(S(=O)(=O)C(F)(F)F)c2c1)N1CCCC2c3cc(OS(=O)C(F)(F)F)ccc3CC21. The van der Waals surface area contributed by atoms with E-state index >= 15 is 0 Å². The Hall–Kier alpha value is -3.14. The molecule has 1 fully saturated rings. The minimum absolute atomic E-state index is 0.0179. The van der Waals surface area contributed by atoms with Crippen LogP contribution in [-0.4, -0.2) is 56.0 Å². The molecule has 0 saturated carbocycles. The number of carbonyl (C=O) groups excluding carboxylic acids is 1. The Labute approximate surface area is 213 Å². The third-order valence-electron chi connectivity index (χ3n) is 6.66. The van der Waals surface area contributed by atoms with Gasteiger partial charge in [0.25, 0.3) is 5.91 Å². The van der Waals surface area contributed by atoms with Crippen LogP contribution < -0.4 is 4.18 Å². The number of hydrogen-bond acceptors (Lipinski definition) is 6. The first-order chi connectivity index (χ1) is 17.7. The molecule has 2 aromatic carbocycles. The van der Waals surface area contributed by atoms with Gasteiger partial charge in [-0.05, 0) is 60.7 Å². The molecule has 0 spiro atoms. The molecule has 1 saturated heterocycles. The number of nitrogens with zero attached hydrogens (tertiary/aromatic N) is 3. The van der Waals surface area contributed by atoms with Crippen molar-refractivity contribution in [2.24, 2.45) is 0 Å². The molecule has 2 heterocycles. The average molecular weight is 582 g/mol. The van der Waals surface area contributed by atoms with Gasteiger partial charge in [-0.25, -0.2) is 13.2 Å². The van der Waals surface area contributed by atoms with Crippen LogP contribution in [0.15, 0.2) is 42.7 Å². The van der Waals surface area contributed by atoms with Crippen LogP contribution >= 0.6 is 0 Å². The van der Waals surface area contributed by atoms with Crippen molar-refractivity contribution in [1.82, 2.24) is 13.9 Å². The van der Waals surface area contributed by atoms with E-state index in [4.69, 9.17) is 0 Å². The second kappa shape index (κ2) is 8.97. The van der Waals surface area contributed by atoms with Gasteiger partial charge >= 0.3 is 32.1 Å². The van der Waals surface area contributed by atoms with E-state index in [-0.39, 0.29) is 26.7 Å². The van der Waals surface area contributed by atoms with Gasteiger partial charge in [0.1, 0.15) is 12.1 Å². The van der Waals surface area contributed by atoms with E-state index in [1.807, 2.05) is 0 Å². The van der Waals surface area contributed by atoms with E-state index in [0.717, 1.165) is 11.6 Å². The van der Waals surface area contributed by atoms with Crippen molar-refractivity contribution < 1.29 is 47.9 Å². The quantitative estimate of drug-likeness (QED) is 0.428. The summed E-state index contributed by atoms with van der Waals surface area (Å²) in [5.41, 5.74) is -9.70. The van der Waals surface area contributed by atoms with Crippen LogP contribution in [0.1, 0.15) is 40.2 Å². The minimum Gasteiger partial charge on any atom is -0.394 e. The Morgan fingerprint density at radius 3 is 2.50 bits per heavy atom. The summed E-state index contributed by atoms with van der Waals surface area (Å²) in [4.78, 5) is 18.7. The zero-order chi connectivity index (χ0) is 27.6. The fraction of sp³-hybridized carbons (Fsp3) is 0.364. The molecule has 38 heavy (non-hydrogen) atoms. The minimum atomic E-state index is -5.77. The molecule has 0 bridgehead atoms. The van der Waals surface area contributed by atoms with E-state index in [1.54, 1.807) is 6.07 Å². The standard InChI is InChI=1S/C22H17F6N3O5S2/c23-21(24,25)37(33)36-14-5-3-12-8-18-15(16(12)10-14)2-1-7-30(18)20(32)13-4-6-17-19(9-13)31(11-29-17)38(34,35)22(26,27)28/h3-6,9-11,15,18H,1-2,7-8H2. The summed E-state index contributed by atoms with van der Waals surface area (Å²) >= 11 is -3.54. The van der Waals surface area contributed by atoms with Crippen LogP contribution in [0.25, 0.3) is 11.0 Å². The van der Waals surface area contributed by atoms with Crippen LogP contribution in [-0.2, 0) is 27.5 Å². The van der Waals surface area contributed by atoms with Gasteiger partial charge in [-0.15, -0.1) is 0 Å². The Balaban J connectivity index is 1.43. The van der Waals surface area contributed by atoms with Crippen molar-refractivity contribution in [3.8, 4) is 5.75 Å². The molecule has 204 valence electrons. The molecule has 3 atom stereocenters. The molecule has 8 nitrogen and oxygen atoms in total. The second-order valence-electron chi connectivity index (χ2n) is 8.84. The van der Waals surface area contributed by atoms with Gasteiger partial charge in [0.05, 0.1) is 11.0 Å². The lowest BCUT2D eigenvalue weighted by atomic mass is 9.88. The zero-order valence-corrected chi connectivity index (χ0v) is 20.6. The first kappa shape index (κ1) is 26.5. The molecule has 1 aliphatic heterocycles. The van der Waals surface area contributed by atoms with Gasteiger partial charge in [-0.1, -0.05) is 6.07 Å². The summed E-state index contributed by atoms with van der Waals surface area (Å²) in [6, 6.07) is 7.43. The third kappa shape index (κ3) is 4.42. The lowest BCUT2D eigenvalue weighted by Gasteiger charge is -2.38. The number of benzene rings is 2. The maximum Gasteiger partial charge on any atom is 0.517 e. The first-order valence-electron chi connectivity index (χ1n) is 11.1. The van der Waals surface area contributed by atoms with E-state index in [1.165, 1.54) is 29.2 Å². The number of amides is 1. The predicted octanol–water partition coefficient (Wildman–Crippen LogP) is 4.24. The van der Waals surface area contributed by atoms with Crippen molar-refractivity contribution >= 4 is 38.0 Å². The Bertz CT molecular complexity index is 1570. The Morgan fingerprint density at radius 1 is 1.08 bits per heavy atom. The van der Waals surface area contributed by atoms with Crippen molar-refractivity contribution in [2.75, 3.05) is 6.54 Å². The molecule has 0 radical (unpaired) electrons. The summed E-state index contributed by atoms with van der Waals surface area (Å²) < 4.78 is 117. The highest BCUT2D eigenvalue weighted by Gasteiger charge is 2.48. The Morgan fingerprint density at radius 2 is 1.82 bits per heavy atom. The van der Waals surface area contributed by atoms with E-state index in [2.05, 4.69) is 9.17 Å². The molecule has 1 amide bonds. The van der Waals surface area contributed by atoms with Crippen LogP contribution in [0.2, 0.25) is 0 Å². The number of hydrogen-bond donors (Lipinski definition) is 0. The van der Waals surface area contributed by atoms with E-state index < -0.39 is 49.6 Å². The molecule has 5 rings (SSSR count). The van der Waals surface area contributed by atoms with Crippen LogP contribution in [0.5, 0.6) is 5.75 Å². The van der Waals surface area contributed by atoms with Gasteiger partial charge in [-0.3, -0.25) is 4.79 Å². The van der Waals surface area contributed by atoms with Crippen LogP contribution in [0.3, 0.4) is 0 Å². The molecule has 3 aromatic rings. The van der Waals surface area contributed by atoms with Crippen molar-refractivity contribution in [2.45, 2.75) is 42.2 Å². The van der Waals surface area contributed by atoms with Gasteiger partial charge in [0.2, 0.25) is 0 Å². The van der Waals surface area contributed by atoms with Crippen LogP contribution in [0.4, 0.5) is 26.3 Å². The van der Waals surface area contributed by atoms with Crippen molar-refractivity contribution in [3.05, 3.63) is 59.4 Å². The number of rotatable bonds is 4. The summed E-state index contributed by atoms with van der Waals surface area (Å²) in [7, 11) is -5.77. The van der Waals surface area contributed by atoms with E-state index in [9.17, 15) is 43.8 Å². The number of fused-ring (bicyclic) bond motifs is 4. The highest BCUT2D eigenvalue weighted by molar-refractivity contribution is 7.90. The lowest BCUT2D eigenvalue weighted by molar-refractivity contribution is -0.0448. The number of aromatic nitrogens is 2. The zero-order valence-electron chi connectivity index (χ0n) is 19.0. The molecule has 3 unspecified atom stereocenters.